The second-order valence-corrected chi connectivity index (χ2v) is 6.47. The first-order valence-corrected chi connectivity index (χ1v) is 8.52. The van der Waals surface area contributed by atoms with E-state index in [1.807, 2.05) is 18.2 Å². The van der Waals surface area contributed by atoms with Crippen LogP contribution in [0.25, 0.3) is 0 Å². The van der Waals surface area contributed by atoms with E-state index in [2.05, 4.69) is 24.1 Å². The van der Waals surface area contributed by atoms with Gasteiger partial charge in [0.25, 0.3) is 0 Å². The van der Waals surface area contributed by atoms with E-state index in [9.17, 15) is 4.79 Å². The van der Waals surface area contributed by atoms with Gasteiger partial charge in [-0.15, -0.1) is 0 Å². The Kier molecular flexibility index (Phi) is 7.02. The average Bonchev–Trinajstić information content (AvgIpc) is 2.50. The largest absolute Gasteiger partial charge is 0.373 e. The van der Waals surface area contributed by atoms with Gasteiger partial charge >= 0.3 is 0 Å². The Hall–Kier alpha value is -1.43. The first kappa shape index (κ1) is 17.9. The number of nitrogens with zero attached hydrogens (tertiary/aromatic N) is 1. The molecule has 0 bridgehead atoms. The predicted octanol–water partition coefficient (Wildman–Crippen LogP) is 1.76. The Morgan fingerprint density at radius 3 is 2.74 bits per heavy atom. The fourth-order valence-corrected chi connectivity index (χ4v) is 3.12. The maximum atomic E-state index is 11.2. The van der Waals surface area contributed by atoms with Gasteiger partial charge in [0.15, 0.2) is 0 Å². The lowest BCUT2D eigenvalue weighted by atomic mass is 10.1. The van der Waals surface area contributed by atoms with Crippen molar-refractivity contribution >= 4 is 5.91 Å². The highest BCUT2D eigenvalue weighted by Crippen LogP contribution is 2.11. The summed E-state index contributed by atoms with van der Waals surface area (Å²) in [4.78, 5) is 13.6. The van der Waals surface area contributed by atoms with Crippen LogP contribution in [-0.2, 0) is 11.3 Å². The van der Waals surface area contributed by atoms with E-state index < -0.39 is 0 Å². The molecule has 2 atom stereocenters. The Labute approximate surface area is 139 Å². The lowest BCUT2D eigenvalue weighted by Gasteiger charge is -2.35. The third-order valence-corrected chi connectivity index (χ3v) is 4.11. The third kappa shape index (κ3) is 6.29. The van der Waals surface area contributed by atoms with E-state index in [-0.39, 0.29) is 5.91 Å². The number of unbranched alkanes of at least 4 members (excludes halogenated alkanes) is 1. The number of morpholine rings is 1. The van der Waals surface area contributed by atoms with Crippen molar-refractivity contribution in [2.24, 2.45) is 5.73 Å². The zero-order valence-electron chi connectivity index (χ0n) is 14.3. The molecule has 1 aliphatic rings. The van der Waals surface area contributed by atoms with Crippen LogP contribution in [0.15, 0.2) is 24.3 Å². The molecule has 5 heteroatoms. The molecule has 1 fully saturated rings. The second-order valence-electron chi connectivity index (χ2n) is 6.47. The summed E-state index contributed by atoms with van der Waals surface area (Å²) in [7, 11) is 0. The Balaban J connectivity index is 1.59. The van der Waals surface area contributed by atoms with Crippen LogP contribution in [0.2, 0.25) is 0 Å². The zero-order valence-corrected chi connectivity index (χ0v) is 14.3. The van der Waals surface area contributed by atoms with Gasteiger partial charge in [-0.2, -0.15) is 0 Å². The van der Waals surface area contributed by atoms with Crippen LogP contribution in [-0.4, -0.2) is 49.2 Å². The van der Waals surface area contributed by atoms with Crippen molar-refractivity contribution in [3.8, 4) is 0 Å². The van der Waals surface area contributed by atoms with E-state index in [0.29, 0.717) is 17.8 Å². The molecule has 128 valence electrons. The lowest BCUT2D eigenvalue weighted by molar-refractivity contribution is -0.0681. The molecule has 0 saturated carbocycles. The fraction of sp³-hybridized carbons (Fsp3) is 0.611. The molecule has 1 aromatic carbocycles. The van der Waals surface area contributed by atoms with Crippen molar-refractivity contribution in [3.05, 3.63) is 35.4 Å². The van der Waals surface area contributed by atoms with Crippen LogP contribution in [0.3, 0.4) is 0 Å². The Morgan fingerprint density at radius 2 is 2.04 bits per heavy atom. The van der Waals surface area contributed by atoms with E-state index >= 15 is 0 Å². The molecular formula is C18H29N3O2. The van der Waals surface area contributed by atoms with Crippen molar-refractivity contribution in [2.75, 3.05) is 26.2 Å². The van der Waals surface area contributed by atoms with Crippen LogP contribution in [0, 0.1) is 0 Å². The number of carbonyl (C=O) groups excluding carboxylic acids is 1. The zero-order chi connectivity index (χ0) is 16.7. The molecule has 2 unspecified atom stereocenters. The minimum Gasteiger partial charge on any atom is -0.373 e. The summed E-state index contributed by atoms with van der Waals surface area (Å²) in [6.45, 7) is 9.25. The Bertz CT molecular complexity index is 497. The summed E-state index contributed by atoms with van der Waals surface area (Å²) >= 11 is 0. The number of ether oxygens (including phenoxy) is 1. The topological polar surface area (TPSA) is 67.6 Å². The number of nitrogens with one attached hydrogen (secondary N) is 1. The maximum absolute atomic E-state index is 11.2. The summed E-state index contributed by atoms with van der Waals surface area (Å²) in [6.07, 6.45) is 3.02. The number of benzene rings is 1. The highest BCUT2D eigenvalue weighted by Gasteiger charge is 2.21. The Morgan fingerprint density at radius 1 is 1.30 bits per heavy atom. The molecule has 1 aromatic rings. The van der Waals surface area contributed by atoms with E-state index in [1.54, 1.807) is 6.07 Å². The van der Waals surface area contributed by atoms with E-state index in [1.165, 1.54) is 6.42 Å². The number of amides is 1. The van der Waals surface area contributed by atoms with Gasteiger partial charge in [-0.3, -0.25) is 9.69 Å². The second kappa shape index (κ2) is 9.01. The average molecular weight is 319 g/mol. The molecule has 2 rings (SSSR count). The first-order chi connectivity index (χ1) is 11.0. The van der Waals surface area contributed by atoms with Crippen molar-refractivity contribution in [2.45, 2.75) is 45.4 Å². The number of primary amides is 1. The molecule has 1 heterocycles. The number of rotatable bonds is 8. The van der Waals surface area contributed by atoms with Crippen molar-refractivity contribution in [1.29, 1.82) is 0 Å². The number of nitrogens with two attached hydrogens (primary N) is 1. The lowest BCUT2D eigenvalue weighted by Crippen LogP contribution is -2.45. The van der Waals surface area contributed by atoms with Crippen molar-refractivity contribution in [3.63, 3.8) is 0 Å². The molecule has 0 aliphatic carbocycles. The molecular weight excluding hydrogens is 290 g/mol. The van der Waals surface area contributed by atoms with Crippen molar-refractivity contribution < 1.29 is 9.53 Å². The minimum atomic E-state index is -0.374. The van der Waals surface area contributed by atoms with Gasteiger partial charge in [-0.1, -0.05) is 12.1 Å². The van der Waals surface area contributed by atoms with Gasteiger partial charge in [0.2, 0.25) is 5.91 Å². The minimum absolute atomic E-state index is 0.342. The SMILES string of the molecule is CC1CN(CCCCNCc2cccc(C(N)=O)c2)CC(C)O1. The summed E-state index contributed by atoms with van der Waals surface area (Å²) in [5.74, 6) is -0.374. The van der Waals surface area contributed by atoms with Gasteiger partial charge in [0, 0.05) is 25.2 Å². The molecule has 3 N–H and O–H groups in total. The standard InChI is InChI=1S/C18H29N3O2/c1-14-12-21(13-15(2)23-14)9-4-3-8-20-11-16-6-5-7-17(10-16)18(19)22/h5-7,10,14-15,20H,3-4,8-9,11-13H2,1-2H3,(H2,19,22). The van der Waals surface area contributed by atoms with Gasteiger partial charge < -0.3 is 15.8 Å². The molecule has 1 saturated heterocycles. The summed E-state index contributed by atoms with van der Waals surface area (Å²) < 4.78 is 5.75. The van der Waals surface area contributed by atoms with Crippen LogP contribution < -0.4 is 11.1 Å². The van der Waals surface area contributed by atoms with Gasteiger partial charge in [-0.05, 0) is 57.5 Å². The normalized spacial score (nSPS) is 22.2. The molecule has 23 heavy (non-hydrogen) atoms. The fourth-order valence-electron chi connectivity index (χ4n) is 3.12. The van der Waals surface area contributed by atoms with E-state index in [0.717, 1.165) is 44.7 Å². The predicted molar refractivity (Wildman–Crippen MR) is 92.3 cm³/mol. The molecule has 0 aromatic heterocycles. The maximum Gasteiger partial charge on any atom is 0.248 e. The van der Waals surface area contributed by atoms with Crippen LogP contribution in [0.4, 0.5) is 0 Å². The molecule has 1 aliphatic heterocycles. The molecule has 5 nitrogen and oxygen atoms in total. The summed E-state index contributed by atoms with van der Waals surface area (Å²) in [5, 5.41) is 3.43. The highest BCUT2D eigenvalue weighted by atomic mass is 16.5. The molecule has 0 spiro atoms. The molecule has 0 radical (unpaired) electrons. The van der Waals surface area contributed by atoms with Crippen molar-refractivity contribution in [1.82, 2.24) is 10.2 Å². The summed E-state index contributed by atoms with van der Waals surface area (Å²) in [6, 6.07) is 7.48. The highest BCUT2D eigenvalue weighted by molar-refractivity contribution is 5.92. The third-order valence-electron chi connectivity index (χ3n) is 4.11. The van der Waals surface area contributed by atoms with Gasteiger partial charge in [0.05, 0.1) is 12.2 Å². The first-order valence-electron chi connectivity index (χ1n) is 8.52. The quantitative estimate of drug-likeness (QED) is 0.717. The van der Waals surface area contributed by atoms with Crippen LogP contribution in [0.1, 0.15) is 42.6 Å². The van der Waals surface area contributed by atoms with Gasteiger partial charge in [-0.25, -0.2) is 0 Å². The van der Waals surface area contributed by atoms with Crippen LogP contribution in [0.5, 0.6) is 0 Å². The number of carbonyl (C=O) groups is 1. The number of hydrogen-bond donors (Lipinski definition) is 2. The monoisotopic (exact) mass is 319 g/mol. The molecule has 1 amide bonds. The number of hydrogen-bond acceptors (Lipinski definition) is 4. The van der Waals surface area contributed by atoms with Crippen LogP contribution >= 0.6 is 0 Å². The summed E-state index contributed by atoms with van der Waals surface area (Å²) in [5.41, 5.74) is 6.96. The smallest absolute Gasteiger partial charge is 0.248 e. The van der Waals surface area contributed by atoms with E-state index in [4.69, 9.17) is 10.5 Å². The van der Waals surface area contributed by atoms with Gasteiger partial charge in [0.1, 0.15) is 0 Å².